The van der Waals surface area contributed by atoms with Gasteiger partial charge in [0.1, 0.15) is 11.6 Å². The van der Waals surface area contributed by atoms with Crippen LogP contribution in [0.1, 0.15) is 32.0 Å². The van der Waals surface area contributed by atoms with Crippen LogP contribution in [0.15, 0.2) is 18.2 Å². The summed E-state index contributed by atoms with van der Waals surface area (Å²) in [6, 6.07) is 5.90. The molecular weight excluding hydrogens is 288 g/mol. The van der Waals surface area contributed by atoms with Crippen LogP contribution in [0, 0.1) is 5.92 Å². The molecule has 0 saturated carbocycles. The molecule has 1 heterocycles. The van der Waals surface area contributed by atoms with Gasteiger partial charge >= 0.3 is 0 Å². The first-order valence-electron chi connectivity index (χ1n) is 7.29. The number of nitrogens with zero attached hydrogens (tertiary/aromatic N) is 2. The molecule has 5 heteroatoms. The lowest BCUT2D eigenvalue weighted by Crippen LogP contribution is -2.12. The lowest BCUT2D eigenvalue weighted by atomic mass is 10.2. The number of rotatable bonds is 7. The summed E-state index contributed by atoms with van der Waals surface area (Å²) in [5.74, 6) is 2.21. The lowest BCUT2D eigenvalue weighted by molar-refractivity contribution is 0.103. The quantitative estimate of drug-likeness (QED) is 0.572. The first-order valence-corrected chi connectivity index (χ1v) is 7.72. The van der Waals surface area contributed by atoms with E-state index in [9.17, 15) is 0 Å². The Hall–Kier alpha value is -1.26. The second-order valence-electron chi connectivity index (χ2n) is 5.56. The van der Waals surface area contributed by atoms with Crippen molar-refractivity contribution >= 4 is 22.6 Å². The van der Waals surface area contributed by atoms with Gasteiger partial charge in [0.05, 0.1) is 30.1 Å². The topological polar surface area (TPSA) is 36.3 Å². The molecule has 2 rings (SSSR count). The molecule has 0 amide bonds. The van der Waals surface area contributed by atoms with Crippen molar-refractivity contribution in [2.45, 2.75) is 32.7 Å². The van der Waals surface area contributed by atoms with Crippen molar-refractivity contribution in [3.05, 3.63) is 24.0 Å². The summed E-state index contributed by atoms with van der Waals surface area (Å²) < 4.78 is 13.1. The Bertz CT molecular complexity index is 593. The first-order chi connectivity index (χ1) is 10.0. The standard InChI is InChI=1S/C16H23ClN2O2/c1-11(2)10-21-8-7-19-15-6-5-13(20-4)9-14(15)18-16(19)12(3)17/h5-6,9,11-12H,7-8,10H2,1-4H3. The Morgan fingerprint density at radius 2 is 2.05 bits per heavy atom. The van der Waals surface area contributed by atoms with Crippen LogP contribution in [0.3, 0.4) is 0 Å². The van der Waals surface area contributed by atoms with Crippen LogP contribution in [0.5, 0.6) is 5.75 Å². The van der Waals surface area contributed by atoms with Gasteiger partial charge in [-0.15, -0.1) is 11.6 Å². The van der Waals surface area contributed by atoms with Crippen LogP contribution in [-0.2, 0) is 11.3 Å². The van der Waals surface area contributed by atoms with E-state index in [1.165, 1.54) is 0 Å². The zero-order valence-corrected chi connectivity index (χ0v) is 13.9. The molecule has 0 N–H and O–H groups in total. The number of fused-ring (bicyclic) bond motifs is 1. The fraction of sp³-hybridized carbons (Fsp3) is 0.562. The average molecular weight is 311 g/mol. The molecule has 116 valence electrons. The second-order valence-corrected chi connectivity index (χ2v) is 6.22. The van der Waals surface area contributed by atoms with Crippen molar-refractivity contribution in [3.8, 4) is 5.75 Å². The smallest absolute Gasteiger partial charge is 0.127 e. The van der Waals surface area contributed by atoms with E-state index in [-0.39, 0.29) is 5.38 Å². The average Bonchev–Trinajstić information content (AvgIpc) is 2.81. The highest BCUT2D eigenvalue weighted by Crippen LogP contribution is 2.27. The molecule has 1 aromatic carbocycles. The fourth-order valence-electron chi connectivity index (χ4n) is 2.27. The Morgan fingerprint density at radius 1 is 1.29 bits per heavy atom. The molecule has 0 fully saturated rings. The highest BCUT2D eigenvalue weighted by molar-refractivity contribution is 6.20. The molecule has 21 heavy (non-hydrogen) atoms. The number of hydrogen-bond donors (Lipinski definition) is 0. The third-order valence-electron chi connectivity index (χ3n) is 3.25. The molecule has 0 aliphatic heterocycles. The Balaban J connectivity index is 2.24. The van der Waals surface area contributed by atoms with Crippen LogP contribution >= 0.6 is 11.6 Å². The molecule has 4 nitrogen and oxygen atoms in total. The first kappa shape index (κ1) is 16.1. The van der Waals surface area contributed by atoms with E-state index in [0.29, 0.717) is 12.5 Å². The molecule has 0 aliphatic rings. The minimum atomic E-state index is -0.145. The second kappa shape index (κ2) is 7.14. The van der Waals surface area contributed by atoms with Crippen LogP contribution in [0.2, 0.25) is 0 Å². The number of methoxy groups -OCH3 is 1. The van der Waals surface area contributed by atoms with Crippen molar-refractivity contribution in [1.29, 1.82) is 0 Å². The van der Waals surface area contributed by atoms with Gasteiger partial charge in [0.15, 0.2) is 0 Å². The zero-order chi connectivity index (χ0) is 15.4. The SMILES string of the molecule is COc1ccc2c(c1)nc(C(C)Cl)n2CCOCC(C)C. The number of halogens is 1. The van der Waals surface area contributed by atoms with E-state index in [0.717, 1.165) is 35.8 Å². The normalized spacial score (nSPS) is 13.0. The minimum Gasteiger partial charge on any atom is -0.497 e. The van der Waals surface area contributed by atoms with Gasteiger partial charge in [-0.1, -0.05) is 13.8 Å². The predicted octanol–water partition coefficient (Wildman–Crippen LogP) is 4.02. The van der Waals surface area contributed by atoms with E-state index in [1.807, 2.05) is 25.1 Å². The molecule has 1 unspecified atom stereocenters. The summed E-state index contributed by atoms with van der Waals surface area (Å²) in [6.07, 6.45) is 0. The summed E-state index contributed by atoms with van der Waals surface area (Å²) in [4.78, 5) is 4.63. The van der Waals surface area contributed by atoms with E-state index in [2.05, 4.69) is 23.4 Å². The van der Waals surface area contributed by atoms with E-state index in [1.54, 1.807) is 7.11 Å². The van der Waals surface area contributed by atoms with Gasteiger partial charge in [-0.25, -0.2) is 4.98 Å². The van der Waals surface area contributed by atoms with Crippen molar-refractivity contribution in [2.24, 2.45) is 5.92 Å². The Labute approximate surface area is 131 Å². The molecule has 1 atom stereocenters. The van der Waals surface area contributed by atoms with Crippen molar-refractivity contribution < 1.29 is 9.47 Å². The summed E-state index contributed by atoms with van der Waals surface area (Å²) in [5.41, 5.74) is 1.96. The number of benzene rings is 1. The van der Waals surface area contributed by atoms with Crippen LogP contribution in [0.4, 0.5) is 0 Å². The van der Waals surface area contributed by atoms with Gasteiger partial charge in [0.25, 0.3) is 0 Å². The highest BCUT2D eigenvalue weighted by Gasteiger charge is 2.15. The van der Waals surface area contributed by atoms with Crippen molar-refractivity contribution in [2.75, 3.05) is 20.3 Å². The maximum Gasteiger partial charge on any atom is 0.127 e. The monoisotopic (exact) mass is 310 g/mol. The van der Waals surface area contributed by atoms with Gasteiger partial charge in [-0.3, -0.25) is 0 Å². The van der Waals surface area contributed by atoms with Gasteiger partial charge in [0.2, 0.25) is 0 Å². The van der Waals surface area contributed by atoms with E-state index in [4.69, 9.17) is 21.1 Å². The number of hydrogen-bond acceptors (Lipinski definition) is 3. The lowest BCUT2D eigenvalue weighted by Gasteiger charge is -2.12. The molecule has 0 radical (unpaired) electrons. The van der Waals surface area contributed by atoms with Gasteiger partial charge in [-0.05, 0) is 25.0 Å². The Kier molecular flexibility index (Phi) is 5.48. The molecule has 1 aromatic heterocycles. The minimum absolute atomic E-state index is 0.145. The van der Waals surface area contributed by atoms with Crippen LogP contribution in [-0.4, -0.2) is 29.9 Å². The molecule has 0 bridgehead atoms. The number of ether oxygens (including phenoxy) is 2. The summed E-state index contributed by atoms with van der Waals surface area (Å²) in [6.45, 7) is 8.40. The molecular formula is C16H23ClN2O2. The maximum atomic E-state index is 6.26. The molecule has 2 aromatic rings. The van der Waals surface area contributed by atoms with Gasteiger partial charge < -0.3 is 14.0 Å². The summed E-state index contributed by atoms with van der Waals surface area (Å²) in [5, 5.41) is -0.145. The number of imidazole rings is 1. The molecule has 0 spiro atoms. The third kappa shape index (κ3) is 3.89. The number of aromatic nitrogens is 2. The highest BCUT2D eigenvalue weighted by atomic mass is 35.5. The van der Waals surface area contributed by atoms with Crippen molar-refractivity contribution in [1.82, 2.24) is 9.55 Å². The van der Waals surface area contributed by atoms with Crippen LogP contribution < -0.4 is 4.74 Å². The fourth-order valence-corrected chi connectivity index (χ4v) is 2.44. The van der Waals surface area contributed by atoms with Crippen molar-refractivity contribution in [3.63, 3.8) is 0 Å². The summed E-state index contributed by atoms with van der Waals surface area (Å²) >= 11 is 6.26. The van der Waals surface area contributed by atoms with E-state index < -0.39 is 0 Å². The molecule has 0 saturated heterocycles. The largest absolute Gasteiger partial charge is 0.497 e. The zero-order valence-electron chi connectivity index (χ0n) is 13.1. The summed E-state index contributed by atoms with van der Waals surface area (Å²) in [7, 11) is 1.66. The van der Waals surface area contributed by atoms with Crippen LogP contribution in [0.25, 0.3) is 11.0 Å². The Morgan fingerprint density at radius 3 is 2.67 bits per heavy atom. The van der Waals surface area contributed by atoms with E-state index >= 15 is 0 Å². The van der Waals surface area contributed by atoms with Gasteiger partial charge in [-0.2, -0.15) is 0 Å². The number of alkyl halides is 1. The van der Waals surface area contributed by atoms with Gasteiger partial charge in [0, 0.05) is 19.2 Å². The third-order valence-corrected chi connectivity index (χ3v) is 3.45. The molecule has 0 aliphatic carbocycles. The maximum absolute atomic E-state index is 6.26. The predicted molar refractivity (Wildman–Crippen MR) is 86.2 cm³/mol.